The highest BCUT2D eigenvalue weighted by atomic mass is 31.1. The Kier molecular flexibility index (Phi) is 2.31. The standard InChI is InChI=1S/C14H13P/c1-2-12-5-9-14(10-6-12)15-13-7-3-11(1)4-8-13/h3-10,15H,1-2H2. The minimum absolute atomic E-state index is 0.797. The molecule has 0 fully saturated rings. The summed E-state index contributed by atoms with van der Waals surface area (Å²) in [6.45, 7) is 0. The maximum atomic E-state index is 2.27. The Morgan fingerprint density at radius 1 is 0.600 bits per heavy atom. The molecule has 4 bridgehead atoms. The van der Waals surface area contributed by atoms with E-state index in [1.54, 1.807) is 0 Å². The lowest BCUT2D eigenvalue weighted by atomic mass is 10.0. The number of hydrogen-bond acceptors (Lipinski definition) is 0. The van der Waals surface area contributed by atoms with Gasteiger partial charge in [-0.3, -0.25) is 0 Å². The molecule has 0 N–H and O–H groups in total. The summed E-state index contributed by atoms with van der Waals surface area (Å²) in [5.74, 6) is 0. The second kappa shape index (κ2) is 3.79. The van der Waals surface area contributed by atoms with Crippen molar-refractivity contribution in [1.29, 1.82) is 0 Å². The van der Waals surface area contributed by atoms with Crippen LogP contribution in [0.5, 0.6) is 0 Å². The van der Waals surface area contributed by atoms with Gasteiger partial charge in [0.1, 0.15) is 0 Å². The van der Waals surface area contributed by atoms with Gasteiger partial charge in [-0.15, -0.1) is 0 Å². The monoisotopic (exact) mass is 212 g/mol. The van der Waals surface area contributed by atoms with Crippen LogP contribution in [0.4, 0.5) is 0 Å². The van der Waals surface area contributed by atoms with E-state index in [1.165, 1.54) is 21.7 Å². The highest BCUT2D eigenvalue weighted by Crippen LogP contribution is 2.15. The van der Waals surface area contributed by atoms with Gasteiger partial charge in [0.25, 0.3) is 0 Å². The fourth-order valence-corrected chi connectivity index (χ4v) is 2.96. The maximum Gasteiger partial charge on any atom is -0.0226 e. The molecule has 0 saturated heterocycles. The minimum atomic E-state index is 0.797. The van der Waals surface area contributed by atoms with Crippen molar-refractivity contribution in [3.63, 3.8) is 0 Å². The first-order valence-corrected chi connectivity index (χ1v) is 6.35. The Bertz CT molecular complexity index is 408. The van der Waals surface area contributed by atoms with Crippen molar-refractivity contribution < 1.29 is 0 Å². The van der Waals surface area contributed by atoms with E-state index in [0.29, 0.717) is 0 Å². The average Bonchev–Trinajstić information content (AvgIpc) is 2.39. The van der Waals surface area contributed by atoms with Crippen LogP contribution in [0.1, 0.15) is 11.1 Å². The molecule has 6 rings (SSSR count). The van der Waals surface area contributed by atoms with Crippen LogP contribution >= 0.6 is 8.58 Å². The molecule has 74 valence electrons. The summed E-state index contributed by atoms with van der Waals surface area (Å²) in [7, 11) is 0.797. The summed E-state index contributed by atoms with van der Waals surface area (Å²) in [4.78, 5) is 0. The molecule has 1 heteroatoms. The van der Waals surface area contributed by atoms with E-state index >= 15 is 0 Å². The van der Waals surface area contributed by atoms with E-state index in [2.05, 4.69) is 48.5 Å². The topological polar surface area (TPSA) is 0 Å². The largest absolute Gasteiger partial charge is 0.0591 e. The molecule has 2 aromatic carbocycles. The Labute approximate surface area is 92.1 Å². The molecule has 0 unspecified atom stereocenters. The molecule has 2 aromatic rings. The van der Waals surface area contributed by atoms with E-state index in [4.69, 9.17) is 0 Å². The summed E-state index contributed by atoms with van der Waals surface area (Å²) in [5.41, 5.74) is 2.90. The highest BCUT2D eigenvalue weighted by Gasteiger charge is 2.02. The molecule has 4 heterocycles. The van der Waals surface area contributed by atoms with E-state index in [-0.39, 0.29) is 0 Å². The van der Waals surface area contributed by atoms with Crippen molar-refractivity contribution >= 4 is 19.2 Å². The van der Waals surface area contributed by atoms with E-state index in [9.17, 15) is 0 Å². The molecule has 4 aliphatic heterocycles. The first-order chi connectivity index (χ1) is 7.40. The van der Waals surface area contributed by atoms with Crippen molar-refractivity contribution in [2.24, 2.45) is 0 Å². The fraction of sp³-hybridized carbons (Fsp3) is 0.143. The van der Waals surface area contributed by atoms with Crippen molar-refractivity contribution in [3.05, 3.63) is 59.7 Å². The molecular formula is C14H13P. The summed E-state index contributed by atoms with van der Waals surface area (Å²) < 4.78 is 0. The number of aryl methyl sites for hydroxylation is 2. The van der Waals surface area contributed by atoms with Crippen molar-refractivity contribution in [2.45, 2.75) is 12.8 Å². The Morgan fingerprint density at radius 3 is 1.40 bits per heavy atom. The maximum absolute atomic E-state index is 2.27. The normalized spacial score (nSPS) is 13.9. The van der Waals surface area contributed by atoms with Crippen LogP contribution < -0.4 is 10.6 Å². The van der Waals surface area contributed by atoms with Crippen LogP contribution in [0, 0.1) is 0 Å². The Hall–Kier alpha value is -1.13. The molecule has 0 spiro atoms. The molecule has 15 heavy (non-hydrogen) atoms. The lowest BCUT2D eigenvalue weighted by Gasteiger charge is -2.01. The number of rotatable bonds is 0. The average molecular weight is 212 g/mol. The predicted molar refractivity (Wildman–Crippen MR) is 67.9 cm³/mol. The summed E-state index contributed by atoms with van der Waals surface area (Å²) in [6, 6.07) is 18.2. The summed E-state index contributed by atoms with van der Waals surface area (Å²) in [5, 5.41) is 2.88. The Balaban J connectivity index is 2.09. The molecular weight excluding hydrogens is 199 g/mol. The van der Waals surface area contributed by atoms with Gasteiger partial charge in [0.2, 0.25) is 0 Å². The number of benzene rings is 2. The van der Waals surface area contributed by atoms with Crippen molar-refractivity contribution in [1.82, 2.24) is 0 Å². The molecule has 0 amide bonds. The van der Waals surface area contributed by atoms with Gasteiger partial charge >= 0.3 is 0 Å². The molecule has 0 aromatic heterocycles. The molecule has 0 aliphatic carbocycles. The van der Waals surface area contributed by atoms with Gasteiger partial charge < -0.3 is 0 Å². The van der Waals surface area contributed by atoms with Crippen molar-refractivity contribution in [2.75, 3.05) is 0 Å². The minimum Gasteiger partial charge on any atom is -0.0591 e. The van der Waals surface area contributed by atoms with Gasteiger partial charge in [-0.25, -0.2) is 0 Å². The lowest BCUT2D eigenvalue weighted by Crippen LogP contribution is -2.02. The van der Waals surface area contributed by atoms with Gasteiger partial charge in [-0.2, -0.15) is 0 Å². The lowest BCUT2D eigenvalue weighted by molar-refractivity contribution is 0.962. The first kappa shape index (κ1) is 9.12. The summed E-state index contributed by atoms with van der Waals surface area (Å²) in [6.07, 6.45) is 2.31. The SMILES string of the molecule is c1cc2ccc1CCc1ccc(cc1)P2. The van der Waals surface area contributed by atoms with Crippen LogP contribution in [-0.2, 0) is 12.8 Å². The molecule has 0 nitrogen and oxygen atoms in total. The zero-order valence-electron chi connectivity index (χ0n) is 8.53. The zero-order chi connectivity index (χ0) is 10.1. The van der Waals surface area contributed by atoms with Crippen LogP contribution in [0.25, 0.3) is 0 Å². The zero-order valence-corrected chi connectivity index (χ0v) is 9.53. The smallest absolute Gasteiger partial charge is 0.0226 e. The van der Waals surface area contributed by atoms with Crippen LogP contribution in [0.2, 0.25) is 0 Å². The number of hydrogen-bond donors (Lipinski definition) is 0. The van der Waals surface area contributed by atoms with Crippen LogP contribution in [0.3, 0.4) is 0 Å². The van der Waals surface area contributed by atoms with Gasteiger partial charge in [0.15, 0.2) is 0 Å². The second-order valence-electron chi connectivity index (χ2n) is 4.02. The first-order valence-electron chi connectivity index (χ1n) is 5.35. The predicted octanol–water partition coefficient (Wildman–Crippen LogP) is 2.41. The second-order valence-corrected chi connectivity index (χ2v) is 5.42. The van der Waals surface area contributed by atoms with Crippen LogP contribution in [0.15, 0.2) is 48.5 Å². The molecule has 0 saturated carbocycles. The van der Waals surface area contributed by atoms with Gasteiger partial charge in [0, 0.05) is 0 Å². The highest BCUT2D eigenvalue weighted by molar-refractivity contribution is 7.55. The molecule has 0 radical (unpaired) electrons. The quantitative estimate of drug-likeness (QED) is 0.588. The van der Waals surface area contributed by atoms with Gasteiger partial charge in [0.05, 0.1) is 0 Å². The third-order valence-electron chi connectivity index (χ3n) is 2.90. The van der Waals surface area contributed by atoms with Gasteiger partial charge in [-0.05, 0) is 34.6 Å². The fourth-order valence-electron chi connectivity index (χ4n) is 1.96. The molecule has 4 aliphatic rings. The van der Waals surface area contributed by atoms with E-state index in [0.717, 1.165) is 21.4 Å². The third kappa shape index (κ3) is 1.96. The van der Waals surface area contributed by atoms with Gasteiger partial charge in [-0.1, -0.05) is 57.1 Å². The Morgan fingerprint density at radius 2 is 1.00 bits per heavy atom. The van der Waals surface area contributed by atoms with Crippen molar-refractivity contribution in [3.8, 4) is 0 Å². The van der Waals surface area contributed by atoms with E-state index in [1.807, 2.05) is 0 Å². The van der Waals surface area contributed by atoms with Crippen LogP contribution in [-0.4, -0.2) is 0 Å². The molecule has 0 atom stereocenters. The summed E-state index contributed by atoms with van der Waals surface area (Å²) >= 11 is 0. The van der Waals surface area contributed by atoms with E-state index < -0.39 is 0 Å². The third-order valence-corrected chi connectivity index (χ3v) is 4.14.